The minimum Gasteiger partial charge on any atom is -0.398 e. The minimum atomic E-state index is 1.03. The average Bonchev–Trinajstić information content (AvgIpc) is 2.94. The van der Waals surface area contributed by atoms with Gasteiger partial charge in [0.2, 0.25) is 0 Å². The maximum absolute atomic E-state index is 6.43. The third-order valence-electron chi connectivity index (χ3n) is 8.89. The summed E-state index contributed by atoms with van der Waals surface area (Å²) in [6.45, 7) is 4.60. The van der Waals surface area contributed by atoms with Crippen LogP contribution in [-0.2, 0) is 12.8 Å². The average molecular weight is 542 g/mol. The highest BCUT2D eigenvalue weighted by Crippen LogP contribution is 2.23. The van der Waals surface area contributed by atoms with Crippen molar-refractivity contribution >= 4 is 5.69 Å². The summed E-state index contributed by atoms with van der Waals surface area (Å²) in [5, 5.41) is 0. The molecule has 1 aromatic rings. The van der Waals surface area contributed by atoms with Gasteiger partial charge in [0.1, 0.15) is 0 Å². The number of rotatable bonds is 30. The van der Waals surface area contributed by atoms with E-state index in [-0.39, 0.29) is 0 Å². The molecule has 39 heavy (non-hydrogen) atoms. The number of nitrogens with two attached hydrogens (primary N) is 1. The molecule has 0 amide bonds. The van der Waals surface area contributed by atoms with Crippen molar-refractivity contribution in [3.8, 4) is 0 Å². The van der Waals surface area contributed by atoms with Crippen LogP contribution >= 0.6 is 0 Å². The Morgan fingerprint density at radius 3 is 1.05 bits per heavy atom. The van der Waals surface area contributed by atoms with Gasteiger partial charge in [0.05, 0.1) is 0 Å². The molecule has 0 radical (unpaired) electrons. The van der Waals surface area contributed by atoms with Crippen molar-refractivity contribution in [1.29, 1.82) is 0 Å². The van der Waals surface area contributed by atoms with Crippen molar-refractivity contribution in [3.05, 3.63) is 29.3 Å². The van der Waals surface area contributed by atoms with Crippen LogP contribution in [0.2, 0.25) is 0 Å². The summed E-state index contributed by atoms with van der Waals surface area (Å²) in [6.07, 6.45) is 42.3. The first kappa shape index (κ1) is 36.0. The summed E-state index contributed by atoms with van der Waals surface area (Å²) in [6, 6.07) is 6.63. The van der Waals surface area contributed by atoms with Gasteiger partial charge in [0.15, 0.2) is 0 Å². The molecule has 0 atom stereocenters. The van der Waals surface area contributed by atoms with Crippen LogP contribution in [0, 0.1) is 0 Å². The van der Waals surface area contributed by atoms with Crippen LogP contribution < -0.4 is 5.73 Å². The maximum atomic E-state index is 6.43. The first-order valence-corrected chi connectivity index (χ1v) is 18.2. The number of aryl methyl sites for hydroxylation is 1. The number of unbranched alkanes of at least 4 members (excludes halogenated alkanes) is 26. The molecule has 0 heterocycles. The molecule has 0 aliphatic heterocycles. The fraction of sp³-hybridized carbons (Fsp3) is 0.842. The summed E-state index contributed by atoms with van der Waals surface area (Å²) < 4.78 is 0. The molecule has 0 bridgehead atoms. The van der Waals surface area contributed by atoms with Gasteiger partial charge >= 0.3 is 0 Å². The van der Waals surface area contributed by atoms with Crippen LogP contribution in [0.15, 0.2) is 18.2 Å². The van der Waals surface area contributed by atoms with Gasteiger partial charge in [-0.1, -0.05) is 193 Å². The van der Waals surface area contributed by atoms with Gasteiger partial charge in [0.25, 0.3) is 0 Å². The quantitative estimate of drug-likeness (QED) is 0.0760. The van der Waals surface area contributed by atoms with Crippen LogP contribution in [0.25, 0.3) is 0 Å². The maximum Gasteiger partial charge on any atom is 0.0349 e. The van der Waals surface area contributed by atoms with Crippen LogP contribution in [-0.4, -0.2) is 0 Å². The minimum absolute atomic E-state index is 1.03. The zero-order valence-electron chi connectivity index (χ0n) is 27.0. The van der Waals surface area contributed by atoms with E-state index in [0.29, 0.717) is 0 Å². The Labute approximate surface area is 246 Å². The van der Waals surface area contributed by atoms with Crippen molar-refractivity contribution in [2.45, 2.75) is 206 Å². The van der Waals surface area contributed by atoms with E-state index in [0.717, 1.165) is 5.69 Å². The van der Waals surface area contributed by atoms with E-state index in [1.165, 1.54) is 204 Å². The Hall–Kier alpha value is -0.980. The van der Waals surface area contributed by atoms with Crippen LogP contribution in [0.3, 0.4) is 0 Å². The summed E-state index contributed by atoms with van der Waals surface area (Å²) in [7, 11) is 0. The zero-order chi connectivity index (χ0) is 28.1. The normalized spacial score (nSPS) is 11.4. The highest BCUT2D eigenvalue weighted by Gasteiger charge is 2.06. The number of hydrogen-bond donors (Lipinski definition) is 1. The van der Waals surface area contributed by atoms with E-state index >= 15 is 0 Å². The van der Waals surface area contributed by atoms with Gasteiger partial charge in [-0.3, -0.25) is 0 Å². The van der Waals surface area contributed by atoms with Crippen molar-refractivity contribution in [2.24, 2.45) is 0 Å². The molecule has 1 nitrogen and oxygen atoms in total. The Bertz CT molecular complexity index is 621. The third kappa shape index (κ3) is 22.4. The van der Waals surface area contributed by atoms with Gasteiger partial charge < -0.3 is 5.73 Å². The second kappa shape index (κ2) is 28.5. The van der Waals surface area contributed by atoms with E-state index in [4.69, 9.17) is 5.73 Å². The van der Waals surface area contributed by atoms with Gasteiger partial charge in [-0.25, -0.2) is 0 Å². The SMILES string of the molecule is CCCCCCCCCCCCCCCCc1cccc(N)c1CCCCCCCCCCCCCCCC. The topological polar surface area (TPSA) is 26.0 Å². The molecule has 1 aromatic carbocycles. The second-order valence-corrected chi connectivity index (χ2v) is 12.7. The Kier molecular flexibility index (Phi) is 26.4. The first-order chi connectivity index (χ1) is 19.3. The third-order valence-corrected chi connectivity index (χ3v) is 8.89. The molecule has 228 valence electrons. The van der Waals surface area contributed by atoms with Gasteiger partial charge in [-0.05, 0) is 42.9 Å². The molecule has 1 heteroatoms. The van der Waals surface area contributed by atoms with Crippen molar-refractivity contribution in [1.82, 2.24) is 0 Å². The molecule has 0 aliphatic carbocycles. The molecule has 0 fully saturated rings. The van der Waals surface area contributed by atoms with Crippen molar-refractivity contribution in [2.75, 3.05) is 5.73 Å². The molecule has 0 unspecified atom stereocenters. The summed E-state index contributed by atoms with van der Waals surface area (Å²) >= 11 is 0. The molecule has 0 aromatic heterocycles. The standard InChI is InChI=1S/C38H71N/c1-3-5-7-9-11-13-15-17-19-21-23-25-27-29-32-36-33-31-35-38(39)37(36)34-30-28-26-24-22-20-18-16-14-12-10-8-6-4-2/h31,33,35H,3-30,32,34,39H2,1-2H3. The number of anilines is 1. The second-order valence-electron chi connectivity index (χ2n) is 12.7. The summed E-state index contributed by atoms with van der Waals surface area (Å²) in [5.74, 6) is 0. The van der Waals surface area contributed by atoms with Crippen molar-refractivity contribution in [3.63, 3.8) is 0 Å². The van der Waals surface area contributed by atoms with Crippen LogP contribution in [0.4, 0.5) is 5.69 Å². The Balaban J connectivity index is 1.99. The van der Waals surface area contributed by atoms with E-state index in [1.807, 2.05) is 0 Å². The Morgan fingerprint density at radius 2 is 0.692 bits per heavy atom. The van der Waals surface area contributed by atoms with Gasteiger partial charge in [-0.2, -0.15) is 0 Å². The highest BCUT2D eigenvalue weighted by molar-refractivity contribution is 5.51. The molecule has 0 aliphatic rings. The molecule has 1 rings (SSSR count). The predicted octanol–water partition coefficient (Wildman–Crippen LogP) is 13.3. The lowest BCUT2D eigenvalue weighted by Crippen LogP contribution is -2.01. The monoisotopic (exact) mass is 542 g/mol. The number of nitrogen functional groups attached to an aromatic ring is 1. The summed E-state index contributed by atoms with van der Waals surface area (Å²) in [5.41, 5.74) is 10.5. The van der Waals surface area contributed by atoms with Crippen molar-refractivity contribution < 1.29 is 0 Å². The van der Waals surface area contributed by atoms with Crippen LogP contribution in [0.1, 0.15) is 205 Å². The highest BCUT2D eigenvalue weighted by atomic mass is 14.6. The number of hydrogen-bond acceptors (Lipinski definition) is 1. The van der Waals surface area contributed by atoms with E-state index in [1.54, 1.807) is 0 Å². The smallest absolute Gasteiger partial charge is 0.0349 e. The fourth-order valence-electron chi connectivity index (χ4n) is 6.20. The zero-order valence-corrected chi connectivity index (χ0v) is 27.0. The summed E-state index contributed by atoms with van der Waals surface area (Å²) in [4.78, 5) is 0. The van der Waals surface area contributed by atoms with Crippen LogP contribution in [0.5, 0.6) is 0 Å². The molecule has 0 saturated carbocycles. The van der Waals surface area contributed by atoms with Gasteiger partial charge in [-0.15, -0.1) is 0 Å². The molecule has 0 saturated heterocycles. The van der Waals surface area contributed by atoms with E-state index < -0.39 is 0 Å². The molecular formula is C38H71N. The largest absolute Gasteiger partial charge is 0.398 e. The lowest BCUT2D eigenvalue weighted by molar-refractivity contribution is 0.534. The fourth-order valence-corrected chi connectivity index (χ4v) is 6.20. The predicted molar refractivity (Wildman–Crippen MR) is 179 cm³/mol. The number of benzene rings is 1. The lowest BCUT2D eigenvalue weighted by Gasteiger charge is -2.13. The molecule has 2 N–H and O–H groups in total. The lowest BCUT2D eigenvalue weighted by atomic mass is 9.95. The van der Waals surface area contributed by atoms with E-state index in [2.05, 4.69) is 32.0 Å². The molecule has 0 spiro atoms. The first-order valence-electron chi connectivity index (χ1n) is 18.2. The Morgan fingerprint density at radius 1 is 0.385 bits per heavy atom. The molecular weight excluding hydrogens is 470 g/mol. The van der Waals surface area contributed by atoms with E-state index in [9.17, 15) is 0 Å². The van der Waals surface area contributed by atoms with Gasteiger partial charge in [0, 0.05) is 5.69 Å².